The molecule has 0 unspecified atom stereocenters. The number of benzene rings is 2. The summed E-state index contributed by atoms with van der Waals surface area (Å²) >= 11 is 0. The summed E-state index contributed by atoms with van der Waals surface area (Å²) < 4.78 is 1.55. The van der Waals surface area contributed by atoms with Crippen molar-refractivity contribution in [1.29, 1.82) is 0 Å². The Hall–Kier alpha value is -3.86. The number of hydrogen-bond acceptors (Lipinski definition) is 3. The molecular weight excluding hydrogens is 376 g/mol. The highest BCUT2D eigenvalue weighted by molar-refractivity contribution is 6.04. The number of rotatable bonds is 4. The van der Waals surface area contributed by atoms with E-state index in [0.717, 1.165) is 6.42 Å². The topological polar surface area (TPSA) is 62.5 Å². The van der Waals surface area contributed by atoms with Gasteiger partial charge in [0, 0.05) is 29.2 Å². The zero-order chi connectivity index (χ0) is 20.7. The standard InChI is InChI=1S/C25H20N2O3/c28-24-21-13-7-6-12-20(21)23(25(29)30)22(27(24)19-10-2-1-3-11-19)16-26-14-17-8-4-5-9-18(17)15-26/h1-8,10-13,15H,9,14,16H2,(H,29,30). The van der Waals surface area contributed by atoms with Crippen LogP contribution in [-0.4, -0.2) is 27.1 Å². The highest BCUT2D eigenvalue weighted by Crippen LogP contribution is 2.30. The maximum absolute atomic E-state index is 13.5. The van der Waals surface area contributed by atoms with Crippen molar-refractivity contribution in [3.05, 3.63) is 112 Å². The van der Waals surface area contributed by atoms with Crippen LogP contribution in [0.15, 0.2) is 95.0 Å². The smallest absolute Gasteiger partial charge is 0.338 e. The lowest BCUT2D eigenvalue weighted by molar-refractivity contribution is 0.0696. The zero-order valence-corrected chi connectivity index (χ0v) is 16.3. The second-order valence-electron chi connectivity index (χ2n) is 7.53. The number of carboxylic acids is 1. The first kappa shape index (κ1) is 18.2. The molecule has 0 saturated carbocycles. The third-order valence-electron chi connectivity index (χ3n) is 5.67. The molecule has 5 heteroatoms. The molecule has 0 atom stereocenters. The number of aromatic carboxylic acids is 1. The van der Waals surface area contributed by atoms with Crippen LogP contribution in [0.5, 0.6) is 0 Å². The molecule has 1 aliphatic heterocycles. The summed E-state index contributed by atoms with van der Waals surface area (Å²) in [6, 6.07) is 16.2. The van der Waals surface area contributed by atoms with Gasteiger partial charge in [-0.15, -0.1) is 0 Å². The maximum atomic E-state index is 13.5. The van der Waals surface area contributed by atoms with E-state index in [1.807, 2.05) is 30.3 Å². The van der Waals surface area contributed by atoms with E-state index in [9.17, 15) is 14.7 Å². The number of pyridine rings is 1. The number of allylic oxidation sites excluding steroid dienone is 3. The normalized spacial score (nSPS) is 15.1. The quantitative estimate of drug-likeness (QED) is 0.715. The SMILES string of the molecule is O=C(O)c1c(CN2C=C3CC=CC=C3C2)n(-c2ccccc2)c(=O)c2ccccc12. The predicted octanol–water partition coefficient (Wildman–Crippen LogP) is 4.27. The van der Waals surface area contributed by atoms with Gasteiger partial charge in [0.1, 0.15) is 0 Å². The van der Waals surface area contributed by atoms with Crippen LogP contribution in [0.25, 0.3) is 16.5 Å². The highest BCUT2D eigenvalue weighted by atomic mass is 16.4. The van der Waals surface area contributed by atoms with E-state index in [2.05, 4.69) is 29.3 Å². The van der Waals surface area contributed by atoms with Crippen LogP contribution >= 0.6 is 0 Å². The first-order chi connectivity index (χ1) is 14.6. The Bertz CT molecular complexity index is 1310. The Labute approximate surface area is 173 Å². The molecule has 148 valence electrons. The first-order valence-electron chi connectivity index (χ1n) is 9.89. The summed E-state index contributed by atoms with van der Waals surface area (Å²) in [4.78, 5) is 27.9. The number of aromatic nitrogens is 1. The van der Waals surface area contributed by atoms with Gasteiger partial charge < -0.3 is 10.0 Å². The lowest BCUT2D eigenvalue weighted by atomic mass is 10.0. The summed E-state index contributed by atoms with van der Waals surface area (Å²) in [5, 5.41) is 11.0. The molecule has 2 heterocycles. The summed E-state index contributed by atoms with van der Waals surface area (Å²) in [5.74, 6) is -1.03. The summed E-state index contributed by atoms with van der Waals surface area (Å²) in [6.45, 7) is 1.03. The lowest BCUT2D eigenvalue weighted by Crippen LogP contribution is -2.29. The second kappa shape index (κ2) is 7.19. The predicted molar refractivity (Wildman–Crippen MR) is 117 cm³/mol. The fourth-order valence-electron chi connectivity index (χ4n) is 4.32. The molecule has 0 spiro atoms. The molecule has 2 aromatic carbocycles. The third-order valence-corrected chi connectivity index (χ3v) is 5.67. The van der Waals surface area contributed by atoms with Crippen LogP contribution in [0.3, 0.4) is 0 Å². The molecule has 0 amide bonds. The molecule has 0 saturated heterocycles. The lowest BCUT2D eigenvalue weighted by Gasteiger charge is -2.22. The first-order valence-corrected chi connectivity index (χ1v) is 9.89. The van der Waals surface area contributed by atoms with Gasteiger partial charge in [-0.3, -0.25) is 9.36 Å². The van der Waals surface area contributed by atoms with Gasteiger partial charge in [0.25, 0.3) is 5.56 Å². The minimum Gasteiger partial charge on any atom is -0.478 e. The number of nitrogens with zero attached hydrogens (tertiary/aromatic N) is 2. The minimum absolute atomic E-state index is 0.175. The minimum atomic E-state index is -1.03. The Morgan fingerprint density at radius 2 is 1.70 bits per heavy atom. The number of carboxylic acid groups (broad SMARTS) is 1. The Kier molecular flexibility index (Phi) is 4.36. The highest BCUT2D eigenvalue weighted by Gasteiger charge is 2.26. The molecule has 0 bridgehead atoms. The van der Waals surface area contributed by atoms with Crippen LogP contribution in [0.4, 0.5) is 0 Å². The van der Waals surface area contributed by atoms with Gasteiger partial charge in [-0.2, -0.15) is 0 Å². The second-order valence-corrected chi connectivity index (χ2v) is 7.53. The summed E-state index contributed by atoms with van der Waals surface area (Å²) in [7, 11) is 0. The third kappa shape index (κ3) is 2.95. The van der Waals surface area contributed by atoms with Crippen LogP contribution in [0.2, 0.25) is 0 Å². The number of carbonyl (C=O) groups is 1. The summed E-state index contributed by atoms with van der Waals surface area (Å²) in [5.41, 5.74) is 3.60. The van der Waals surface area contributed by atoms with Gasteiger partial charge in [0.2, 0.25) is 0 Å². The van der Waals surface area contributed by atoms with Crippen molar-refractivity contribution < 1.29 is 9.90 Å². The van der Waals surface area contributed by atoms with E-state index >= 15 is 0 Å². The Morgan fingerprint density at radius 3 is 2.43 bits per heavy atom. The number of hydrogen-bond donors (Lipinski definition) is 1. The van der Waals surface area contributed by atoms with Crippen molar-refractivity contribution in [3.63, 3.8) is 0 Å². The monoisotopic (exact) mass is 396 g/mol. The Balaban J connectivity index is 1.75. The fraction of sp³-hybridized carbons (Fsp3) is 0.120. The molecule has 3 aromatic rings. The van der Waals surface area contributed by atoms with Gasteiger partial charge in [-0.1, -0.05) is 54.6 Å². The van der Waals surface area contributed by atoms with Crippen molar-refractivity contribution in [2.24, 2.45) is 0 Å². The van der Waals surface area contributed by atoms with E-state index in [4.69, 9.17) is 0 Å². The van der Waals surface area contributed by atoms with Crippen LogP contribution in [-0.2, 0) is 6.54 Å². The van der Waals surface area contributed by atoms with Crippen molar-refractivity contribution in [2.45, 2.75) is 13.0 Å². The van der Waals surface area contributed by atoms with Crippen LogP contribution < -0.4 is 5.56 Å². The van der Waals surface area contributed by atoms with Gasteiger partial charge in [0.05, 0.1) is 17.8 Å². The fourth-order valence-corrected chi connectivity index (χ4v) is 4.32. The molecule has 2 aliphatic rings. The molecular formula is C25H20N2O3. The van der Waals surface area contributed by atoms with E-state index in [-0.39, 0.29) is 11.1 Å². The zero-order valence-electron chi connectivity index (χ0n) is 16.3. The maximum Gasteiger partial charge on any atom is 0.338 e. The van der Waals surface area contributed by atoms with Crippen molar-refractivity contribution in [1.82, 2.24) is 9.47 Å². The average molecular weight is 396 g/mol. The molecule has 0 fully saturated rings. The van der Waals surface area contributed by atoms with Gasteiger partial charge in [0.15, 0.2) is 0 Å². The molecule has 5 nitrogen and oxygen atoms in total. The average Bonchev–Trinajstić information content (AvgIpc) is 3.17. The molecule has 1 aliphatic carbocycles. The molecule has 1 aromatic heterocycles. The van der Waals surface area contributed by atoms with Gasteiger partial charge in [-0.25, -0.2) is 4.79 Å². The van der Waals surface area contributed by atoms with Crippen molar-refractivity contribution >= 4 is 16.7 Å². The van der Waals surface area contributed by atoms with E-state index in [0.29, 0.717) is 35.2 Å². The molecule has 30 heavy (non-hydrogen) atoms. The number of para-hydroxylation sites is 1. The molecule has 0 radical (unpaired) electrons. The van der Waals surface area contributed by atoms with Gasteiger partial charge >= 0.3 is 5.97 Å². The Morgan fingerprint density at radius 1 is 0.967 bits per heavy atom. The van der Waals surface area contributed by atoms with E-state index in [1.54, 1.807) is 28.8 Å². The van der Waals surface area contributed by atoms with Crippen LogP contribution in [0, 0.1) is 0 Å². The molecule has 5 rings (SSSR count). The largest absolute Gasteiger partial charge is 0.478 e. The molecule has 1 N–H and O–H groups in total. The van der Waals surface area contributed by atoms with E-state index < -0.39 is 5.97 Å². The van der Waals surface area contributed by atoms with Crippen LogP contribution in [0.1, 0.15) is 22.5 Å². The summed E-state index contributed by atoms with van der Waals surface area (Å²) in [6.07, 6.45) is 9.21. The van der Waals surface area contributed by atoms with Gasteiger partial charge in [-0.05, 0) is 35.8 Å². The van der Waals surface area contributed by atoms with E-state index in [1.165, 1.54) is 11.1 Å². The number of fused-ring (bicyclic) bond motifs is 2. The van der Waals surface area contributed by atoms with Crippen molar-refractivity contribution in [2.75, 3.05) is 6.54 Å². The van der Waals surface area contributed by atoms with Crippen molar-refractivity contribution in [3.8, 4) is 5.69 Å².